The summed E-state index contributed by atoms with van der Waals surface area (Å²) in [5.41, 5.74) is 1.14. The average Bonchev–Trinajstić information content (AvgIpc) is 3.45. The number of nitrogens with one attached hydrogen (secondary N) is 2. The topological polar surface area (TPSA) is 179 Å². The minimum absolute atomic E-state index is 0.0172. The predicted octanol–water partition coefficient (Wildman–Crippen LogP) is 1.90. The third kappa shape index (κ3) is 6.66. The van der Waals surface area contributed by atoms with E-state index in [-0.39, 0.29) is 30.0 Å². The number of carboxylic acids is 1. The highest BCUT2D eigenvalue weighted by Crippen LogP contribution is 2.30. The smallest absolute Gasteiger partial charge is 0.326 e. The molecule has 3 aromatic carbocycles. The molecule has 3 aromatic rings. The van der Waals surface area contributed by atoms with Crippen molar-refractivity contribution in [1.29, 1.82) is 0 Å². The summed E-state index contributed by atoms with van der Waals surface area (Å²) in [5.74, 6) is -2.61. The van der Waals surface area contributed by atoms with Crippen molar-refractivity contribution >= 4 is 50.0 Å². The summed E-state index contributed by atoms with van der Waals surface area (Å²) in [6, 6.07) is 13.2. The number of benzene rings is 3. The van der Waals surface area contributed by atoms with Crippen LogP contribution in [0.5, 0.6) is 0 Å². The Labute approximate surface area is 242 Å². The van der Waals surface area contributed by atoms with Gasteiger partial charge in [-0.15, -0.1) is 0 Å². The number of nitrogens with zero attached hydrogens (tertiary/aromatic N) is 3. The number of rotatable bonds is 11. The number of likely N-dealkylation sites (tertiary alicyclic amines) is 1. The molecule has 0 aromatic heterocycles. The van der Waals surface area contributed by atoms with Crippen molar-refractivity contribution in [2.24, 2.45) is 0 Å². The van der Waals surface area contributed by atoms with Gasteiger partial charge in [0.2, 0.25) is 21.8 Å². The molecular formula is C28H31N5O8S. The molecule has 1 heterocycles. The average molecular weight is 598 g/mol. The van der Waals surface area contributed by atoms with E-state index in [1.807, 2.05) is 25.1 Å². The lowest BCUT2D eigenvalue weighted by atomic mass is 10.0. The second-order valence-corrected chi connectivity index (χ2v) is 11.9. The van der Waals surface area contributed by atoms with Crippen LogP contribution in [0.25, 0.3) is 10.8 Å². The van der Waals surface area contributed by atoms with E-state index in [0.29, 0.717) is 22.8 Å². The molecule has 1 fully saturated rings. The van der Waals surface area contributed by atoms with E-state index in [0.717, 1.165) is 5.69 Å². The molecule has 1 aliphatic rings. The molecule has 2 atom stereocenters. The Kier molecular flexibility index (Phi) is 9.07. The van der Waals surface area contributed by atoms with Gasteiger partial charge in [0, 0.05) is 55.7 Å². The lowest BCUT2D eigenvalue weighted by molar-refractivity contribution is -0.384. The van der Waals surface area contributed by atoms with Crippen molar-refractivity contribution in [1.82, 2.24) is 14.9 Å². The maximum atomic E-state index is 13.4. The summed E-state index contributed by atoms with van der Waals surface area (Å²) in [7, 11) is -0.472. The molecule has 0 aliphatic carbocycles. The second kappa shape index (κ2) is 12.5. The van der Waals surface area contributed by atoms with E-state index in [2.05, 4.69) is 10.0 Å². The van der Waals surface area contributed by atoms with Gasteiger partial charge in [-0.3, -0.25) is 19.7 Å². The maximum Gasteiger partial charge on any atom is 0.326 e. The second-order valence-electron chi connectivity index (χ2n) is 10.1. The number of hydrogen-bond donors (Lipinski definition) is 3. The lowest BCUT2D eigenvalue weighted by Crippen LogP contribution is -2.54. The van der Waals surface area contributed by atoms with E-state index in [1.165, 1.54) is 35.2 Å². The zero-order chi connectivity index (χ0) is 30.6. The summed E-state index contributed by atoms with van der Waals surface area (Å²) in [5, 5.41) is 24.3. The fourth-order valence-corrected chi connectivity index (χ4v) is 6.25. The van der Waals surface area contributed by atoms with Crippen molar-refractivity contribution in [3.05, 3.63) is 76.3 Å². The van der Waals surface area contributed by atoms with Crippen LogP contribution in [-0.4, -0.2) is 80.4 Å². The molecular weight excluding hydrogens is 566 g/mol. The molecule has 0 bridgehead atoms. The molecule has 4 rings (SSSR count). The van der Waals surface area contributed by atoms with Crippen LogP contribution < -0.4 is 14.9 Å². The molecule has 13 nitrogen and oxygen atoms in total. The monoisotopic (exact) mass is 597 g/mol. The molecule has 0 unspecified atom stereocenters. The van der Waals surface area contributed by atoms with E-state index in [1.54, 1.807) is 24.3 Å². The third-order valence-corrected chi connectivity index (χ3v) is 8.55. The molecule has 3 N–H and O–H groups in total. The van der Waals surface area contributed by atoms with Gasteiger partial charge in [-0.1, -0.05) is 36.4 Å². The summed E-state index contributed by atoms with van der Waals surface area (Å²) in [4.78, 5) is 51.6. The zero-order valence-electron chi connectivity index (χ0n) is 23.0. The summed E-state index contributed by atoms with van der Waals surface area (Å²) in [6.45, 7) is -0.496. The van der Waals surface area contributed by atoms with E-state index in [9.17, 15) is 38.0 Å². The SMILES string of the molecule is CN(C)c1cccc2c(S(=O)(=O)NCC(=O)N[C@@H](Cc3ccc([N+](=O)[O-])cc3)C(=O)N3CCC[C@H]3C(=O)O)cccc12. The highest BCUT2D eigenvalue weighted by atomic mass is 32.2. The number of nitro groups is 1. The number of carboxylic acid groups (broad SMARTS) is 1. The van der Waals surface area contributed by atoms with Crippen molar-refractivity contribution < 1.29 is 32.8 Å². The first kappa shape index (κ1) is 30.4. The molecule has 0 radical (unpaired) electrons. The van der Waals surface area contributed by atoms with Crippen molar-refractivity contribution in [2.45, 2.75) is 36.2 Å². The molecule has 42 heavy (non-hydrogen) atoms. The minimum atomic E-state index is -4.15. The zero-order valence-corrected chi connectivity index (χ0v) is 23.8. The highest BCUT2D eigenvalue weighted by Gasteiger charge is 2.37. The van der Waals surface area contributed by atoms with Crippen LogP contribution in [0, 0.1) is 10.1 Å². The van der Waals surface area contributed by atoms with Crippen LogP contribution in [-0.2, 0) is 30.8 Å². The minimum Gasteiger partial charge on any atom is -0.480 e. The number of sulfonamides is 1. The Morgan fingerprint density at radius 3 is 2.38 bits per heavy atom. The molecule has 2 amide bonds. The van der Waals surface area contributed by atoms with Crippen LogP contribution in [0.4, 0.5) is 11.4 Å². The molecule has 1 aliphatic heterocycles. The third-order valence-electron chi connectivity index (χ3n) is 7.09. The van der Waals surface area contributed by atoms with Crippen LogP contribution >= 0.6 is 0 Å². The predicted molar refractivity (Wildman–Crippen MR) is 155 cm³/mol. The van der Waals surface area contributed by atoms with Crippen molar-refractivity contribution in [3.8, 4) is 0 Å². The Bertz CT molecular complexity index is 1630. The maximum absolute atomic E-state index is 13.4. The number of anilines is 1. The Balaban J connectivity index is 1.53. The number of carbonyl (C=O) groups excluding carboxylic acids is 2. The van der Waals surface area contributed by atoms with Gasteiger partial charge in [0.1, 0.15) is 12.1 Å². The van der Waals surface area contributed by atoms with Gasteiger partial charge >= 0.3 is 5.97 Å². The molecule has 222 valence electrons. The highest BCUT2D eigenvalue weighted by molar-refractivity contribution is 7.89. The van der Waals surface area contributed by atoms with Crippen LogP contribution in [0.1, 0.15) is 18.4 Å². The van der Waals surface area contributed by atoms with E-state index < -0.39 is 51.4 Å². The number of nitro benzene ring substituents is 1. The van der Waals surface area contributed by atoms with Gasteiger partial charge < -0.3 is 20.2 Å². The quantitative estimate of drug-likeness (QED) is 0.220. The van der Waals surface area contributed by atoms with E-state index in [4.69, 9.17) is 0 Å². The first-order valence-electron chi connectivity index (χ1n) is 13.1. The van der Waals surface area contributed by atoms with Gasteiger partial charge in [-0.2, -0.15) is 0 Å². The summed E-state index contributed by atoms with van der Waals surface area (Å²) >= 11 is 0. The van der Waals surface area contributed by atoms with Crippen LogP contribution in [0.3, 0.4) is 0 Å². The van der Waals surface area contributed by atoms with Crippen molar-refractivity contribution in [2.75, 3.05) is 32.1 Å². The van der Waals surface area contributed by atoms with Gasteiger partial charge in [0.15, 0.2) is 0 Å². The van der Waals surface area contributed by atoms with E-state index >= 15 is 0 Å². The summed E-state index contributed by atoms with van der Waals surface area (Å²) in [6.07, 6.45) is 0.649. The summed E-state index contributed by atoms with van der Waals surface area (Å²) < 4.78 is 28.8. The molecule has 14 heteroatoms. The number of non-ortho nitro benzene ring substituents is 1. The number of amides is 2. The molecule has 1 saturated heterocycles. The first-order valence-corrected chi connectivity index (χ1v) is 14.6. The Morgan fingerprint density at radius 2 is 1.74 bits per heavy atom. The fourth-order valence-electron chi connectivity index (χ4n) is 5.05. The number of hydrogen-bond acceptors (Lipinski definition) is 8. The Hall–Kier alpha value is -4.56. The van der Waals surface area contributed by atoms with Gasteiger partial charge in [0.05, 0.1) is 16.4 Å². The molecule has 0 spiro atoms. The number of carbonyl (C=O) groups is 3. The molecule has 0 saturated carbocycles. The van der Waals surface area contributed by atoms with Crippen LogP contribution in [0.2, 0.25) is 0 Å². The standard InChI is InChI=1S/C28H31N5O8S/c1-31(2)23-8-3-7-21-20(23)6-4-10-25(21)42(40,41)29-17-26(34)30-22(16-18-11-13-19(14-12-18)33(38)39)27(35)32-15-5-9-24(32)28(36)37/h3-4,6-8,10-14,22,24,29H,5,9,15-17H2,1-2H3,(H,30,34)(H,36,37)/t22-,24-/m0/s1. The largest absolute Gasteiger partial charge is 0.480 e. The van der Waals surface area contributed by atoms with Gasteiger partial charge in [-0.25, -0.2) is 17.9 Å². The number of aliphatic carboxylic acids is 1. The Morgan fingerprint density at radius 1 is 1.07 bits per heavy atom. The number of fused-ring (bicyclic) bond motifs is 1. The van der Waals surface area contributed by atoms with Gasteiger partial charge in [0.25, 0.3) is 5.69 Å². The lowest BCUT2D eigenvalue weighted by Gasteiger charge is -2.27. The van der Waals surface area contributed by atoms with Crippen molar-refractivity contribution in [3.63, 3.8) is 0 Å². The first-order chi connectivity index (χ1) is 19.9. The van der Waals surface area contributed by atoms with Crippen LogP contribution in [0.15, 0.2) is 65.6 Å². The normalized spacial score (nSPS) is 15.8. The fraction of sp³-hybridized carbons (Fsp3) is 0.321. The van der Waals surface area contributed by atoms with Gasteiger partial charge in [-0.05, 0) is 30.5 Å².